The molecular formula is C17H25N5O2. The maximum Gasteiger partial charge on any atom is 0.246 e. The molecule has 7 nitrogen and oxygen atoms in total. The highest BCUT2D eigenvalue weighted by Gasteiger charge is 2.41. The van der Waals surface area contributed by atoms with Crippen molar-refractivity contribution in [2.75, 3.05) is 24.5 Å². The smallest absolute Gasteiger partial charge is 0.246 e. The average Bonchev–Trinajstić information content (AvgIpc) is 3.20. The van der Waals surface area contributed by atoms with Crippen LogP contribution in [-0.2, 0) is 16.6 Å². The topological polar surface area (TPSA) is 70.5 Å². The molecule has 7 heteroatoms. The minimum Gasteiger partial charge on any atom is -0.330 e. The summed E-state index contributed by atoms with van der Waals surface area (Å²) in [5, 5.41) is 7.64. The monoisotopic (exact) mass is 331 g/mol. The van der Waals surface area contributed by atoms with E-state index >= 15 is 0 Å². The molecule has 24 heavy (non-hydrogen) atoms. The number of carbonyl (C=O) groups is 2. The van der Waals surface area contributed by atoms with Crippen LogP contribution in [0.4, 0.5) is 5.69 Å². The largest absolute Gasteiger partial charge is 0.330 e. The van der Waals surface area contributed by atoms with Gasteiger partial charge in [0, 0.05) is 32.4 Å². The highest BCUT2D eigenvalue weighted by molar-refractivity contribution is 5.98. The number of carbonyl (C=O) groups excluding carboxylic acids is 2. The van der Waals surface area contributed by atoms with Gasteiger partial charge in [0.2, 0.25) is 11.8 Å². The predicted molar refractivity (Wildman–Crippen MR) is 89.4 cm³/mol. The molecule has 2 aliphatic heterocycles. The molecule has 0 radical (unpaired) electrons. The quantitative estimate of drug-likeness (QED) is 0.857. The molecule has 0 aromatic carbocycles. The average molecular weight is 331 g/mol. The minimum absolute atomic E-state index is 0.0296. The van der Waals surface area contributed by atoms with Crippen molar-refractivity contribution in [3.63, 3.8) is 0 Å². The Hall–Kier alpha value is -1.89. The maximum absolute atomic E-state index is 12.8. The van der Waals surface area contributed by atoms with Crippen LogP contribution < -0.4 is 10.2 Å². The summed E-state index contributed by atoms with van der Waals surface area (Å²) in [7, 11) is 1.83. The SMILES string of the molecule is Cn1cc(N2CCN(C(=O)C3CC4CCCCC4N3)CC2=O)cn1. The fourth-order valence-electron chi connectivity index (χ4n) is 4.41. The summed E-state index contributed by atoms with van der Waals surface area (Å²) < 4.78 is 1.68. The van der Waals surface area contributed by atoms with Crippen molar-refractivity contribution in [2.45, 2.75) is 44.2 Å². The predicted octanol–water partition coefficient (Wildman–Crippen LogP) is 0.516. The Morgan fingerprint density at radius 3 is 2.83 bits per heavy atom. The first kappa shape index (κ1) is 15.6. The van der Waals surface area contributed by atoms with Crippen LogP contribution in [0.15, 0.2) is 12.4 Å². The molecule has 1 aliphatic carbocycles. The number of piperazine rings is 1. The van der Waals surface area contributed by atoms with Crippen molar-refractivity contribution in [3.05, 3.63) is 12.4 Å². The summed E-state index contributed by atoms with van der Waals surface area (Å²) >= 11 is 0. The molecule has 3 unspecified atom stereocenters. The van der Waals surface area contributed by atoms with E-state index in [0.717, 1.165) is 12.1 Å². The Balaban J connectivity index is 1.38. The molecule has 0 bridgehead atoms. The zero-order chi connectivity index (χ0) is 16.7. The number of hydrogen-bond acceptors (Lipinski definition) is 4. The molecule has 1 saturated carbocycles. The van der Waals surface area contributed by atoms with Gasteiger partial charge in [-0.25, -0.2) is 0 Å². The lowest BCUT2D eigenvalue weighted by Gasteiger charge is -2.34. The van der Waals surface area contributed by atoms with Gasteiger partial charge in [-0.1, -0.05) is 12.8 Å². The Labute approximate surface area is 142 Å². The Kier molecular flexibility index (Phi) is 4.04. The molecule has 0 spiro atoms. The second-order valence-electron chi connectivity index (χ2n) is 7.28. The third-order valence-electron chi connectivity index (χ3n) is 5.70. The summed E-state index contributed by atoms with van der Waals surface area (Å²) in [6.07, 6.45) is 9.42. The summed E-state index contributed by atoms with van der Waals surface area (Å²) in [5.41, 5.74) is 0.805. The first-order chi connectivity index (χ1) is 11.6. The van der Waals surface area contributed by atoms with Crippen molar-refractivity contribution in [3.8, 4) is 0 Å². The van der Waals surface area contributed by atoms with Gasteiger partial charge in [0.15, 0.2) is 0 Å². The standard InChI is InChI=1S/C17H25N5O2/c1-20-10-13(9-18-20)22-7-6-21(11-16(22)23)17(24)15-8-12-4-2-3-5-14(12)19-15/h9-10,12,14-15,19H,2-8,11H2,1H3. The van der Waals surface area contributed by atoms with Gasteiger partial charge in [0.1, 0.15) is 6.54 Å². The van der Waals surface area contributed by atoms with Gasteiger partial charge in [0.25, 0.3) is 0 Å². The van der Waals surface area contributed by atoms with Crippen LogP contribution >= 0.6 is 0 Å². The lowest BCUT2D eigenvalue weighted by atomic mass is 9.85. The molecular weight excluding hydrogens is 306 g/mol. The molecule has 2 amide bonds. The van der Waals surface area contributed by atoms with E-state index in [1.807, 2.05) is 13.2 Å². The van der Waals surface area contributed by atoms with E-state index in [1.165, 1.54) is 25.7 Å². The number of hydrogen-bond donors (Lipinski definition) is 1. The van der Waals surface area contributed by atoms with E-state index in [-0.39, 0.29) is 24.4 Å². The third kappa shape index (κ3) is 2.81. The van der Waals surface area contributed by atoms with Crippen LogP contribution in [0, 0.1) is 5.92 Å². The number of nitrogens with zero attached hydrogens (tertiary/aromatic N) is 4. The van der Waals surface area contributed by atoms with Gasteiger partial charge in [0.05, 0.1) is 17.9 Å². The molecule has 3 heterocycles. The van der Waals surface area contributed by atoms with E-state index in [9.17, 15) is 9.59 Å². The summed E-state index contributed by atoms with van der Waals surface area (Å²) in [6.45, 7) is 1.30. The molecule has 130 valence electrons. The van der Waals surface area contributed by atoms with E-state index in [1.54, 1.807) is 20.7 Å². The Morgan fingerprint density at radius 2 is 2.12 bits per heavy atom. The van der Waals surface area contributed by atoms with Crippen molar-refractivity contribution in [2.24, 2.45) is 13.0 Å². The van der Waals surface area contributed by atoms with E-state index in [0.29, 0.717) is 25.0 Å². The number of anilines is 1. The number of aryl methyl sites for hydroxylation is 1. The van der Waals surface area contributed by atoms with Crippen molar-refractivity contribution in [1.82, 2.24) is 20.0 Å². The second kappa shape index (κ2) is 6.20. The van der Waals surface area contributed by atoms with Gasteiger partial charge < -0.3 is 15.1 Å². The number of fused-ring (bicyclic) bond motifs is 1. The van der Waals surface area contributed by atoms with Crippen molar-refractivity contribution >= 4 is 17.5 Å². The molecule has 4 rings (SSSR count). The number of aromatic nitrogens is 2. The van der Waals surface area contributed by atoms with Crippen LogP contribution in [0.3, 0.4) is 0 Å². The second-order valence-corrected chi connectivity index (χ2v) is 7.28. The zero-order valence-corrected chi connectivity index (χ0v) is 14.1. The minimum atomic E-state index is -0.101. The maximum atomic E-state index is 12.8. The molecule has 1 aromatic rings. The third-order valence-corrected chi connectivity index (χ3v) is 5.70. The van der Waals surface area contributed by atoms with Crippen LogP contribution in [0.1, 0.15) is 32.1 Å². The number of nitrogens with one attached hydrogen (secondary N) is 1. The summed E-state index contributed by atoms with van der Waals surface area (Å²) in [5.74, 6) is 0.710. The van der Waals surface area contributed by atoms with Gasteiger partial charge in [-0.2, -0.15) is 5.10 Å². The molecule has 1 aromatic heterocycles. The molecule has 3 aliphatic rings. The van der Waals surface area contributed by atoms with Crippen LogP contribution in [-0.4, -0.2) is 58.2 Å². The van der Waals surface area contributed by atoms with Gasteiger partial charge >= 0.3 is 0 Å². The lowest BCUT2D eigenvalue weighted by molar-refractivity contribution is -0.138. The highest BCUT2D eigenvalue weighted by atomic mass is 16.2. The van der Waals surface area contributed by atoms with Crippen LogP contribution in [0.5, 0.6) is 0 Å². The van der Waals surface area contributed by atoms with Crippen molar-refractivity contribution in [1.29, 1.82) is 0 Å². The number of amides is 2. The van der Waals surface area contributed by atoms with E-state index in [4.69, 9.17) is 0 Å². The van der Waals surface area contributed by atoms with Gasteiger partial charge in [-0.3, -0.25) is 14.3 Å². The fourth-order valence-corrected chi connectivity index (χ4v) is 4.41. The molecule has 1 N–H and O–H groups in total. The van der Waals surface area contributed by atoms with E-state index < -0.39 is 0 Å². The van der Waals surface area contributed by atoms with E-state index in [2.05, 4.69) is 10.4 Å². The first-order valence-corrected chi connectivity index (χ1v) is 8.95. The normalized spacial score (nSPS) is 30.5. The molecule has 3 fully saturated rings. The van der Waals surface area contributed by atoms with Crippen LogP contribution in [0.25, 0.3) is 0 Å². The highest BCUT2D eigenvalue weighted by Crippen LogP contribution is 2.33. The molecule has 3 atom stereocenters. The fraction of sp³-hybridized carbons (Fsp3) is 0.706. The van der Waals surface area contributed by atoms with Gasteiger partial charge in [-0.05, 0) is 25.2 Å². The van der Waals surface area contributed by atoms with Gasteiger partial charge in [-0.15, -0.1) is 0 Å². The zero-order valence-electron chi connectivity index (χ0n) is 14.1. The Bertz CT molecular complexity index is 629. The Morgan fingerprint density at radius 1 is 1.29 bits per heavy atom. The number of rotatable bonds is 2. The summed E-state index contributed by atoms with van der Waals surface area (Å²) in [6, 6.07) is 0.399. The van der Waals surface area contributed by atoms with Crippen LogP contribution in [0.2, 0.25) is 0 Å². The lowest BCUT2D eigenvalue weighted by Crippen LogP contribution is -2.56. The first-order valence-electron chi connectivity index (χ1n) is 8.95. The summed E-state index contributed by atoms with van der Waals surface area (Å²) in [4.78, 5) is 28.7. The molecule has 2 saturated heterocycles. The van der Waals surface area contributed by atoms with Crippen molar-refractivity contribution < 1.29 is 9.59 Å².